The number of amides is 1. The number of nitrogens with one attached hydrogen (secondary N) is 1. The topological polar surface area (TPSA) is 79.7 Å². The van der Waals surface area contributed by atoms with Crippen LogP contribution < -0.4 is 0 Å². The van der Waals surface area contributed by atoms with Crippen molar-refractivity contribution in [2.75, 3.05) is 7.05 Å². The van der Waals surface area contributed by atoms with Gasteiger partial charge in [0.1, 0.15) is 18.0 Å². The van der Waals surface area contributed by atoms with Crippen LogP contribution in [0.1, 0.15) is 17.8 Å². The predicted molar refractivity (Wildman–Crippen MR) is 92.3 cm³/mol. The zero-order chi connectivity index (χ0) is 18.1. The molecule has 1 aromatic carbocycles. The molecule has 1 unspecified atom stereocenters. The molecule has 4 rings (SSSR count). The number of nitrogens with zero attached hydrogens (tertiary/aromatic N) is 5. The molecule has 3 aromatic rings. The first-order valence-corrected chi connectivity index (χ1v) is 8.51. The van der Waals surface area contributed by atoms with E-state index in [4.69, 9.17) is 0 Å². The molecule has 26 heavy (non-hydrogen) atoms. The molecule has 3 heterocycles. The van der Waals surface area contributed by atoms with E-state index in [2.05, 4.69) is 20.3 Å². The standard InChI is InChI=1S/C18H19FN6O/c1-24(18(26)13-4-7-16-20-11-22-25(16)10-13)9-14-8-21-23-17(14)12-2-5-15(19)6-3-12/h2-3,5-6,8,11,13H,4,7,9-10H2,1H3,(H,21,23). The van der Waals surface area contributed by atoms with Crippen molar-refractivity contribution in [2.24, 2.45) is 5.92 Å². The van der Waals surface area contributed by atoms with Gasteiger partial charge in [0.05, 0.1) is 24.4 Å². The highest BCUT2D eigenvalue weighted by Gasteiger charge is 2.28. The van der Waals surface area contributed by atoms with Gasteiger partial charge in [0.15, 0.2) is 0 Å². The Balaban J connectivity index is 1.47. The van der Waals surface area contributed by atoms with Crippen LogP contribution in [-0.2, 0) is 24.3 Å². The van der Waals surface area contributed by atoms with Gasteiger partial charge in [-0.2, -0.15) is 10.2 Å². The number of carbonyl (C=O) groups excluding carboxylic acids is 1. The fourth-order valence-corrected chi connectivity index (χ4v) is 3.38. The first-order valence-electron chi connectivity index (χ1n) is 8.51. The van der Waals surface area contributed by atoms with Crippen LogP contribution in [-0.4, -0.2) is 42.8 Å². The normalized spacial score (nSPS) is 16.3. The Labute approximate surface area is 149 Å². The monoisotopic (exact) mass is 354 g/mol. The van der Waals surface area contributed by atoms with Crippen molar-refractivity contribution < 1.29 is 9.18 Å². The summed E-state index contributed by atoms with van der Waals surface area (Å²) in [6.07, 6.45) is 4.78. The molecule has 0 saturated carbocycles. The Hall–Kier alpha value is -3.03. The molecule has 8 heteroatoms. The average molecular weight is 354 g/mol. The molecule has 134 valence electrons. The van der Waals surface area contributed by atoms with Gasteiger partial charge in [0.25, 0.3) is 0 Å². The summed E-state index contributed by atoms with van der Waals surface area (Å²) >= 11 is 0. The summed E-state index contributed by atoms with van der Waals surface area (Å²) in [6.45, 7) is 0.997. The van der Waals surface area contributed by atoms with Gasteiger partial charge < -0.3 is 4.90 Å². The second-order valence-electron chi connectivity index (χ2n) is 6.57. The Morgan fingerprint density at radius 1 is 1.38 bits per heavy atom. The van der Waals surface area contributed by atoms with Crippen LogP contribution in [0.2, 0.25) is 0 Å². The number of aromatic amines is 1. The van der Waals surface area contributed by atoms with Crippen LogP contribution in [0.4, 0.5) is 4.39 Å². The number of carbonyl (C=O) groups is 1. The SMILES string of the molecule is CN(Cc1cn[nH]c1-c1ccc(F)cc1)C(=O)C1CCc2ncnn2C1. The lowest BCUT2D eigenvalue weighted by atomic mass is 9.98. The molecule has 1 aliphatic heterocycles. The second-order valence-corrected chi connectivity index (χ2v) is 6.57. The van der Waals surface area contributed by atoms with Crippen molar-refractivity contribution in [3.05, 3.63) is 54.0 Å². The lowest BCUT2D eigenvalue weighted by Crippen LogP contribution is -2.37. The molecule has 0 saturated heterocycles. The molecule has 0 spiro atoms. The highest BCUT2D eigenvalue weighted by Crippen LogP contribution is 2.24. The number of fused-ring (bicyclic) bond motifs is 1. The molecule has 7 nitrogen and oxygen atoms in total. The van der Waals surface area contributed by atoms with E-state index in [-0.39, 0.29) is 17.6 Å². The lowest BCUT2D eigenvalue weighted by molar-refractivity contribution is -0.135. The van der Waals surface area contributed by atoms with Crippen LogP contribution in [0.3, 0.4) is 0 Å². The summed E-state index contributed by atoms with van der Waals surface area (Å²) in [6, 6.07) is 6.21. The Morgan fingerprint density at radius 2 is 2.19 bits per heavy atom. The van der Waals surface area contributed by atoms with Gasteiger partial charge in [-0.05, 0) is 30.7 Å². The van der Waals surface area contributed by atoms with Gasteiger partial charge in [-0.25, -0.2) is 14.1 Å². The van der Waals surface area contributed by atoms with Gasteiger partial charge in [0.2, 0.25) is 5.91 Å². The molecule has 0 fully saturated rings. The number of hydrogen-bond acceptors (Lipinski definition) is 4. The number of aryl methyl sites for hydroxylation is 1. The van der Waals surface area contributed by atoms with E-state index >= 15 is 0 Å². The van der Waals surface area contributed by atoms with Crippen molar-refractivity contribution in [2.45, 2.75) is 25.9 Å². The highest BCUT2D eigenvalue weighted by molar-refractivity contribution is 5.79. The Kier molecular flexibility index (Phi) is 4.24. The largest absolute Gasteiger partial charge is 0.341 e. The number of H-pyrrole nitrogens is 1. The third kappa shape index (κ3) is 3.10. The third-order valence-corrected chi connectivity index (χ3v) is 4.79. The van der Waals surface area contributed by atoms with Crippen molar-refractivity contribution in [3.63, 3.8) is 0 Å². The molecule has 1 aliphatic rings. The second kappa shape index (κ2) is 6.70. The summed E-state index contributed by atoms with van der Waals surface area (Å²) in [5.74, 6) is 0.629. The van der Waals surface area contributed by atoms with E-state index in [1.54, 1.807) is 30.3 Å². The molecule has 2 aromatic heterocycles. The van der Waals surface area contributed by atoms with E-state index in [9.17, 15) is 9.18 Å². The molecule has 1 atom stereocenters. The average Bonchev–Trinajstić information content (AvgIpc) is 3.30. The number of rotatable bonds is 4. The van der Waals surface area contributed by atoms with E-state index in [0.29, 0.717) is 13.1 Å². The fraction of sp³-hybridized carbons (Fsp3) is 0.333. The Morgan fingerprint density at radius 3 is 3.00 bits per heavy atom. The number of halogens is 1. The minimum absolute atomic E-state index is 0.0809. The van der Waals surface area contributed by atoms with Crippen molar-refractivity contribution in [1.82, 2.24) is 29.9 Å². The highest BCUT2D eigenvalue weighted by atomic mass is 19.1. The van der Waals surface area contributed by atoms with E-state index in [0.717, 1.165) is 35.5 Å². The van der Waals surface area contributed by atoms with Crippen LogP contribution in [0, 0.1) is 11.7 Å². The van der Waals surface area contributed by atoms with Crippen molar-refractivity contribution in [1.29, 1.82) is 0 Å². The van der Waals surface area contributed by atoms with E-state index in [1.807, 2.05) is 4.68 Å². The first kappa shape index (κ1) is 16.4. The van der Waals surface area contributed by atoms with Gasteiger partial charge in [-0.15, -0.1) is 0 Å². The number of hydrogen-bond donors (Lipinski definition) is 1. The molecule has 0 bridgehead atoms. The maximum atomic E-state index is 13.1. The summed E-state index contributed by atoms with van der Waals surface area (Å²) in [7, 11) is 1.79. The van der Waals surface area contributed by atoms with Crippen molar-refractivity contribution >= 4 is 5.91 Å². The van der Waals surface area contributed by atoms with Gasteiger partial charge in [-0.3, -0.25) is 9.89 Å². The summed E-state index contributed by atoms with van der Waals surface area (Å²) in [5.41, 5.74) is 2.53. The van der Waals surface area contributed by atoms with Gasteiger partial charge in [0, 0.05) is 31.1 Å². The molecule has 1 amide bonds. The summed E-state index contributed by atoms with van der Waals surface area (Å²) in [5, 5.41) is 11.2. The number of aromatic nitrogens is 5. The quantitative estimate of drug-likeness (QED) is 0.777. The van der Waals surface area contributed by atoms with Crippen LogP contribution >= 0.6 is 0 Å². The number of benzene rings is 1. The summed E-state index contributed by atoms with van der Waals surface area (Å²) < 4.78 is 14.9. The minimum atomic E-state index is -0.285. The third-order valence-electron chi connectivity index (χ3n) is 4.79. The first-order chi connectivity index (χ1) is 12.6. The van der Waals surface area contributed by atoms with Crippen LogP contribution in [0.25, 0.3) is 11.3 Å². The molecule has 0 radical (unpaired) electrons. The maximum Gasteiger partial charge on any atom is 0.227 e. The van der Waals surface area contributed by atoms with Gasteiger partial charge in [-0.1, -0.05) is 0 Å². The predicted octanol–water partition coefficient (Wildman–Crippen LogP) is 2.03. The van der Waals surface area contributed by atoms with Crippen LogP contribution in [0.5, 0.6) is 0 Å². The van der Waals surface area contributed by atoms with Gasteiger partial charge >= 0.3 is 0 Å². The van der Waals surface area contributed by atoms with Crippen molar-refractivity contribution in [3.8, 4) is 11.3 Å². The van der Waals surface area contributed by atoms with Crippen LogP contribution in [0.15, 0.2) is 36.8 Å². The summed E-state index contributed by atoms with van der Waals surface area (Å²) in [4.78, 5) is 18.7. The van der Waals surface area contributed by atoms with E-state index < -0.39 is 0 Å². The zero-order valence-electron chi connectivity index (χ0n) is 14.4. The lowest BCUT2D eigenvalue weighted by Gasteiger charge is -2.26. The molecule has 0 aliphatic carbocycles. The molecular weight excluding hydrogens is 335 g/mol. The fourth-order valence-electron chi connectivity index (χ4n) is 3.38. The minimum Gasteiger partial charge on any atom is -0.341 e. The molecule has 1 N–H and O–H groups in total. The zero-order valence-corrected chi connectivity index (χ0v) is 14.4. The molecular formula is C18H19FN6O. The Bertz CT molecular complexity index is 916. The van der Waals surface area contributed by atoms with E-state index in [1.165, 1.54) is 18.5 Å². The maximum absolute atomic E-state index is 13.1. The smallest absolute Gasteiger partial charge is 0.227 e.